The topological polar surface area (TPSA) is 106 Å². The van der Waals surface area contributed by atoms with E-state index < -0.39 is 0 Å². The molecule has 1 amide bonds. The SMILES string of the molecule is CC.N#Cc1cccc(-c2ccnc(C(=O)NC3CCN(C#N)C3)n2)c1. The second kappa shape index (κ2) is 9.14. The van der Waals surface area contributed by atoms with E-state index >= 15 is 0 Å². The minimum Gasteiger partial charge on any atom is -0.345 e. The number of hydrogen-bond acceptors (Lipinski definition) is 6. The molecule has 2 aromatic rings. The van der Waals surface area contributed by atoms with Gasteiger partial charge in [0.25, 0.3) is 5.91 Å². The Hall–Kier alpha value is -3.45. The van der Waals surface area contributed by atoms with Gasteiger partial charge in [0.2, 0.25) is 5.82 Å². The highest BCUT2D eigenvalue weighted by Gasteiger charge is 2.24. The molecule has 2 heterocycles. The Morgan fingerprint density at radius 2 is 2.12 bits per heavy atom. The monoisotopic (exact) mass is 348 g/mol. The molecule has 1 aromatic carbocycles. The van der Waals surface area contributed by atoms with Gasteiger partial charge in [0.1, 0.15) is 0 Å². The Bertz CT molecular complexity index is 852. The predicted molar refractivity (Wildman–Crippen MR) is 96.6 cm³/mol. The van der Waals surface area contributed by atoms with Crippen LogP contribution >= 0.6 is 0 Å². The van der Waals surface area contributed by atoms with Gasteiger partial charge >= 0.3 is 0 Å². The van der Waals surface area contributed by atoms with Crippen molar-refractivity contribution in [1.82, 2.24) is 20.2 Å². The second-order valence-electron chi connectivity index (χ2n) is 5.46. The molecule has 1 aliphatic heterocycles. The number of nitriles is 2. The summed E-state index contributed by atoms with van der Waals surface area (Å²) in [5.41, 5.74) is 1.86. The third-order valence-electron chi connectivity index (χ3n) is 3.81. The standard InChI is InChI=1S/C17H14N6O.C2H6/c18-9-12-2-1-3-13(8-12)15-4-6-20-16(22-15)17(24)21-14-5-7-23(10-14)11-19;1-2/h1-4,6,8,14H,5,7,10H2,(H,21,24);1-2H3. The molecular formula is C19H20N6O. The van der Waals surface area contributed by atoms with Crippen molar-refractivity contribution in [2.75, 3.05) is 13.1 Å². The van der Waals surface area contributed by atoms with Crippen LogP contribution in [0.1, 0.15) is 36.5 Å². The number of hydrogen-bond donors (Lipinski definition) is 1. The zero-order valence-electron chi connectivity index (χ0n) is 14.8. The van der Waals surface area contributed by atoms with Crippen molar-refractivity contribution >= 4 is 5.91 Å². The van der Waals surface area contributed by atoms with Crippen LogP contribution in [0, 0.1) is 22.8 Å². The molecule has 1 atom stereocenters. The number of aromatic nitrogens is 2. The van der Waals surface area contributed by atoms with E-state index in [4.69, 9.17) is 10.5 Å². The van der Waals surface area contributed by atoms with E-state index in [1.165, 1.54) is 6.20 Å². The number of benzene rings is 1. The lowest BCUT2D eigenvalue weighted by molar-refractivity contribution is 0.0928. The van der Waals surface area contributed by atoms with E-state index in [1.807, 2.05) is 19.9 Å². The number of nitrogens with zero attached hydrogens (tertiary/aromatic N) is 5. The van der Waals surface area contributed by atoms with Crippen LogP contribution in [0.3, 0.4) is 0 Å². The van der Waals surface area contributed by atoms with Gasteiger partial charge in [-0.3, -0.25) is 4.79 Å². The first-order valence-corrected chi connectivity index (χ1v) is 8.48. The minimum absolute atomic E-state index is 0.0743. The Morgan fingerprint density at radius 3 is 2.81 bits per heavy atom. The summed E-state index contributed by atoms with van der Waals surface area (Å²) in [4.78, 5) is 22.2. The van der Waals surface area contributed by atoms with E-state index in [9.17, 15) is 4.79 Å². The fourth-order valence-electron chi connectivity index (χ4n) is 2.60. The van der Waals surface area contributed by atoms with E-state index in [-0.39, 0.29) is 17.8 Å². The summed E-state index contributed by atoms with van der Waals surface area (Å²) in [5.74, 6) is -0.289. The molecule has 1 saturated heterocycles. The average Bonchev–Trinajstić information content (AvgIpc) is 3.17. The zero-order chi connectivity index (χ0) is 18.9. The highest BCUT2D eigenvalue weighted by molar-refractivity contribution is 5.91. The molecule has 1 aliphatic rings. The van der Waals surface area contributed by atoms with Gasteiger partial charge in [0.05, 0.1) is 17.3 Å². The second-order valence-corrected chi connectivity index (χ2v) is 5.46. The molecule has 0 aliphatic carbocycles. The number of amides is 1. The molecular weight excluding hydrogens is 328 g/mol. The first-order valence-electron chi connectivity index (χ1n) is 8.48. The van der Waals surface area contributed by atoms with Crippen LogP contribution in [0.2, 0.25) is 0 Å². The molecule has 0 saturated carbocycles. The molecule has 0 spiro atoms. The first-order chi connectivity index (χ1) is 12.7. The number of rotatable bonds is 3. The smallest absolute Gasteiger partial charge is 0.289 e. The van der Waals surface area contributed by atoms with Crippen LogP contribution in [-0.2, 0) is 0 Å². The molecule has 7 heteroatoms. The molecule has 7 nitrogen and oxygen atoms in total. The van der Waals surface area contributed by atoms with Gasteiger partial charge < -0.3 is 10.2 Å². The maximum Gasteiger partial charge on any atom is 0.289 e. The van der Waals surface area contributed by atoms with Crippen molar-refractivity contribution in [3.63, 3.8) is 0 Å². The van der Waals surface area contributed by atoms with Crippen molar-refractivity contribution in [1.29, 1.82) is 10.5 Å². The molecule has 132 valence electrons. The Kier molecular flexibility index (Phi) is 6.64. The van der Waals surface area contributed by atoms with Gasteiger partial charge in [-0.1, -0.05) is 26.0 Å². The number of likely N-dealkylation sites (tertiary alicyclic amines) is 1. The third kappa shape index (κ3) is 4.55. The van der Waals surface area contributed by atoms with Crippen molar-refractivity contribution in [2.24, 2.45) is 0 Å². The Morgan fingerprint density at radius 1 is 1.31 bits per heavy atom. The minimum atomic E-state index is -0.363. The lowest BCUT2D eigenvalue weighted by atomic mass is 10.1. The van der Waals surface area contributed by atoms with Crippen molar-refractivity contribution in [3.05, 3.63) is 47.9 Å². The summed E-state index contributed by atoms with van der Waals surface area (Å²) in [6, 6.07) is 10.7. The summed E-state index contributed by atoms with van der Waals surface area (Å²) in [6.45, 7) is 5.15. The van der Waals surface area contributed by atoms with Gasteiger partial charge in [-0.25, -0.2) is 9.97 Å². The van der Waals surface area contributed by atoms with E-state index in [1.54, 1.807) is 29.2 Å². The van der Waals surface area contributed by atoms with Crippen LogP contribution in [0.25, 0.3) is 11.3 Å². The molecule has 1 aromatic heterocycles. The van der Waals surface area contributed by atoms with Crippen molar-refractivity contribution in [2.45, 2.75) is 26.3 Å². The van der Waals surface area contributed by atoms with Crippen LogP contribution in [-0.4, -0.2) is 39.9 Å². The van der Waals surface area contributed by atoms with Crippen molar-refractivity contribution < 1.29 is 4.79 Å². The Labute approximate surface area is 152 Å². The van der Waals surface area contributed by atoms with E-state index in [0.29, 0.717) is 24.3 Å². The van der Waals surface area contributed by atoms with Gasteiger partial charge in [-0.2, -0.15) is 10.5 Å². The molecule has 0 radical (unpaired) electrons. The summed E-state index contributed by atoms with van der Waals surface area (Å²) < 4.78 is 0. The molecule has 1 fully saturated rings. The zero-order valence-corrected chi connectivity index (χ0v) is 14.8. The maximum atomic E-state index is 12.3. The lowest BCUT2D eigenvalue weighted by Crippen LogP contribution is -2.37. The first kappa shape index (κ1) is 18.9. The van der Waals surface area contributed by atoms with Gasteiger partial charge in [0.15, 0.2) is 6.19 Å². The Balaban J connectivity index is 0.00000117. The number of nitrogens with one attached hydrogen (secondary N) is 1. The van der Waals surface area contributed by atoms with Crippen LogP contribution in [0.5, 0.6) is 0 Å². The molecule has 1 unspecified atom stereocenters. The molecule has 3 rings (SSSR count). The summed E-state index contributed by atoms with van der Waals surface area (Å²) in [7, 11) is 0. The quantitative estimate of drug-likeness (QED) is 0.853. The third-order valence-corrected chi connectivity index (χ3v) is 3.81. The molecule has 1 N–H and O–H groups in total. The summed E-state index contributed by atoms with van der Waals surface area (Å²) in [6.07, 6.45) is 4.32. The normalized spacial score (nSPS) is 15.2. The van der Waals surface area contributed by atoms with Crippen molar-refractivity contribution in [3.8, 4) is 23.5 Å². The van der Waals surface area contributed by atoms with E-state index in [2.05, 4.69) is 27.5 Å². The van der Waals surface area contributed by atoms with Crippen LogP contribution in [0.4, 0.5) is 0 Å². The van der Waals surface area contributed by atoms with Crippen LogP contribution in [0.15, 0.2) is 36.5 Å². The van der Waals surface area contributed by atoms with Gasteiger partial charge in [-0.15, -0.1) is 0 Å². The fourth-order valence-corrected chi connectivity index (χ4v) is 2.60. The van der Waals surface area contributed by atoms with Crippen LogP contribution < -0.4 is 5.32 Å². The highest BCUT2D eigenvalue weighted by Crippen LogP contribution is 2.18. The largest absolute Gasteiger partial charge is 0.345 e. The van der Waals surface area contributed by atoms with Gasteiger partial charge in [-0.05, 0) is 24.6 Å². The van der Waals surface area contributed by atoms with Gasteiger partial charge in [0, 0.05) is 30.9 Å². The van der Waals surface area contributed by atoms with E-state index in [0.717, 1.165) is 12.0 Å². The number of carbonyl (C=O) groups is 1. The summed E-state index contributed by atoms with van der Waals surface area (Å²) in [5, 5.41) is 20.7. The maximum absolute atomic E-state index is 12.3. The summed E-state index contributed by atoms with van der Waals surface area (Å²) >= 11 is 0. The fraction of sp³-hybridized carbons (Fsp3) is 0.316. The molecule has 0 bridgehead atoms. The average molecular weight is 348 g/mol. The number of carbonyl (C=O) groups excluding carboxylic acids is 1. The lowest BCUT2D eigenvalue weighted by Gasteiger charge is -2.11. The predicted octanol–water partition coefficient (Wildman–Crippen LogP) is 2.33. The highest BCUT2D eigenvalue weighted by atomic mass is 16.2. The molecule has 26 heavy (non-hydrogen) atoms.